The van der Waals surface area contributed by atoms with Crippen molar-refractivity contribution in [2.75, 3.05) is 39.4 Å². The summed E-state index contributed by atoms with van der Waals surface area (Å²) in [6.07, 6.45) is 3.28. The predicted molar refractivity (Wildman–Crippen MR) is 78.1 cm³/mol. The fourth-order valence-electron chi connectivity index (χ4n) is 2.40. The number of nitrogens with zero attached hydrogens (tertiary/aromatic N) is 4. The summed E-state index contributed by atoms with van der Waals surface area (Å²) in [5, 5.41) is 7.05. The van der Waals surface area contributed by atoms with Crippen LogP contribution in [0.1, 0.15) is 10.4 Å². The van der Waals surface area contributed by atoms with Crippen LogP contribution in [0.5, 0.6) is 0 Å². The highest BCUT2D eigenvalue weighted by atomic mass is 16.5. The van der Waals surface area contributed by atoms with Gasteiger partial charge < -0.3 is 10.1 Å². The third kappa shape index (κ3) is 3.20. The van der Waals surface area contributed by atoms with Gasteiger partial charge in [-0.25, -0.2) is 0 Å². The minimum Gasteiger partial charge on any atom is -0.379 e. The molecule has 1 aliphatic rings. The Hall–Kier alpha value is -1.99. The molecule has 0 aliphatic carbocycles. The summed E-state index contributed by atoms with van der Waals surface area (Å²) in [6, 6.07) is 1.82. The van der Waals surface area contributed by atoms with Gasteiger partial charge in [-0.3, -0.25) is 19.4 Å². The molecule has 3 heterocycles. The predicted octanol–water partition coefficient (Wildman–Crippen LogP) is 0.0303. The highest BCUT2D eigenvalue weighted by Gasteiger charge is 2.12. The number of pyridine rings is 1. The van der Waals surface area contributed by atoms with Gasteiger partial charge in [-0.15, -0.1) is 0 Å². The number of carbonyl (C=O) groups is 1. The lowest BCUT2D eigenvalue weighted by molar-refractivity contribution is 0.0383. The minimum atomic E-state index is -0.0983. The van der Waals surface area contributed by atoms with Crippen molar-refractivity contribution >= 4 is 16.9 Å². The number of aryl methyl sites for hydroxylation is 1. The molecule has 7 nitrogen and oxygen atoms in total. The van der Waals surface area contributed by atoms with Crippen LogP contribution in [-0.4, -0.2) is 65.0 Å². The van der Waals surface area contributed by atoms with E-state index in [1.165, 1.54) is 0 Å². The van der Waals surface area contributed by atoms with Crippen LogP contribution in [-0.2, 0) is 11.8 Å². The molecule has 1 fully saturated rings. The highest BCUT2D eigenvalue weighted by molar-refractivity contribution is 5.96. The molecular formula is C14H19N5O2. The number of ether oxygens (including phenoxy) is 1. The fraction of sp³-hybridized carbons (Fsp3) is 0.500. The second kappa shape index (κ2) is 6.19. The van der Waals surface area contributed by atoms with Crippen molar-refractivity contribution in [3.05, 3.63) is 24.0 Å². The summed E-state index contributed by atoms with van der Waals surface area (Å²) in [5.41, 5.74) is 2.21. The fourth-order valence-corrected chi connectivity index (χ4v) is 2.40. The third-order valence-corrected chi connectivity index (χ3v) is 3.68. The molecule has 0 atom stereocenters. The Morgan fingerprint density at radius 2 is 2.19 bits per heavy atom. The molecule has 112 valence electrons. The highest BCUT2D eigenvalue weighted by Crippen LogP contribution is 2.11. The van der Waals surface area contributed by atoms with Gasteiger partial charge in [0.05, 0.1) is 30.5 Å². The number of rotatable bonds is 4. The molecule has 0 aromatic carbocycles. The van der Waals surface area contributed by atoms with E-state index in [9.17, 15) is 4.79 Å². The van der Waals surface area contributed by atoms with E-state index in [-0.39, 0.29) is 5.91 Å². The first-order valence-corrected chi connectivity index (χ1v) is 7.10. The Morgan fingerprint density at radius 1 is 1.38 bits per heavy atom. The van der Waals surface area contributed by atoms with E-state index in [0.29, 0.717) is 12.1 Å². The van der Waals surface area contributed by atoms with E-state index >= 15 is 0 Å². The lowest BCUT2D eigenvalue weighted by Gasteiger charge is -2.26. The van der Waals surface area contributed by atoms with Crippen molar-refractivity contribution < 1.29 is 9.53 Å². The number of nitrogens with one attached hydrogen (secondary N) is 1. The number of amides is 1. The Balaban J connectivity index is 1.57. The molecule has 1 saturated heterocycles. The summed E-state index contributed by atoms with van der Waals surface area (Å²) in [7, 11) is 1.84. The molecule has 0 spiro atoms. The Labute approximate surface area is 122 Å². The Morgan fingerprint density at radius 3 is 3.00 bits per heavy atom. The third-order valence-electron chi connectivity index (χ3n) is 3.68. The average Bonchev–Trinajstić information content (AvgIpc) is 2.89. The molecule has 21 heavy (non-hydrogen) atoms. The number of carbonyl (C=O) groups excluding carboxylic acids is 1. The smallest absolute Gasteiger partial charge is 0.252 e. The van der Waals surface area contributed by atoms with Crippen LogP contribution in [0.25, 0.3) is 11.0 Å². The van der Waals surface area contributed by atoms with E-state index in [4.69, 9.17) is 4.74 Å². The molecular weight excluding hydrogens is 270 g/mol. The van der Waals surface area contributed by atoms with Crippen LogP contribution in [0.4, 0.5) is 0 Å². The van der Waals surface area contributed by atoms with E-state index in [2.05, 4.69) is 20.3 Å². The first-order chi connectivity index (χ1) is 10.2. The van der Waals surface area contributed by atoms with Gasteiger partial charge in [0.15, 0.2) is 0 Å². The minimum absolute atomic E-state index is 0.0983. The summed E-state index contributed by atoms with van der Waals surface area (Å²) >= 11 is 0. The molecule has 0 unspecified atom stereocenters. The SMILES string of the molecule is Cn1ncc2ncc(C(=O)NCCN3CCOCC3)cc21. The van der Waals surface area contributed by atoms with Crippen molar-refractivity contribution in [2.45, 2.75) is 0 Å². The van der Waals surface area contributed by atoms with Gasteiger partial charge in [0.25, 0.3) is 5.91 Å². The van der Waals surface area contributed by atoms with Crippen LogP contribution >= 0.6 is 0 Å². The van der Waals surface area contributed by atoms with Gasteiger partial charge in [-0.1, -0.05) is 0 Å². The van der Waals surface area contributed by atoms with Gasteiger partial charge >= 0.3 is 0 Å². The van der Waals surface area contributed by atoms with Gasteiger partial charge in [0, 0.05) is 39.4 Å². The number of hydrogen-bond acceptors (Lipinski definition) is 5. The van der Waals surface area contributed by atoms with Crippen LogP contribution in [0.15, 0.2) is 18.5 Å². The Kier molecular flexibility index (Phi) is 4.12. The summed E-state index contributed by atoms with van der Waals surface area (Å²) in [4.78, 5) is 18.7. The number of hydrogen-bond donors (Lipinski definition) is 1. The Bertz CT molecular complexity index is 633. The van der Waals surface area contributed by atoms with Crippen molar-refractivity contribution in [3.8, 4) is 0 Å². The summed E-state index contributed by atoms with van der Waals surface area (Å²) in [5.74, 6) is -0.0983. The van der Waals surface area contributed by atoms with Gasteiger partial charge in [-0.05, 0) is 6.07 Å². The van der Waals surface area contributed by atoms with Crippen molar-refractivity contribution in [2.24, 2.45) is 7.05 Å². The van der Waals surface area contributed by atoms with Crippen LogP contribution < -0.4 is 5.32 Å². The maximum atomic E-state index is 12.1. The van der Waals surface area contributed by atoms with E-state index in [1.807, 2.05) is 13.1 Å². The molecule has 2 aromatic heterocycles. The van der Waals surface area contributed by atoms with Crippen LogP contribution in [0, 0.1) is 0 Å². The quantitative estimate of drug-likeness (QED) is 0.860. The standard InChI is InChI=1S/C14H19N5O2/c1-18-13-8-11(9-16-12(13)10-17-18)14(20)15-2-3-19-4-6-21-7-5-19/h8-10H,2-7H2,1H3,(H,15,20). The molecule has 1 amide bonds. The summed E-state index contributed by atoms with van der Waals surface area (Å²) < 4.78 is 7.01. The zero-order valence-corrected chi connectivity index (χ0v) is 12.1. The van der Waals surface area contributed by atoms with Gasteiger partial charge in [0.2, 0.25) is 0 Å². The average molecular weight is 289 g/mol. The lowest BCUT2D eigenvalue weighted by Crippen LogP contribution is -2.41. The number of fused-ring (bicyclic) bond motifs is 1. The molecule has 0 saturated carbocycles. The zero-order chi connectivity index (χ0) is 14.7. The molecule has 1 N–H and O–H groups in total. The van der Waals surface area contributed by atoms with E-state index in [0.717, 1.165) is 43.9 Å². The van der Waals surface area contributed by atoms with Crippen LogP contribution in [0.2, 0.25) is 0 Å². The molecule has 2 aromatic rings. The van der Waals surface area contributed by atoms with E-state index in [1.54, 1.807) is 17.1 Å². The van der Waals surface area contributed by atoms with E-state index < -0.39 is 0 Å². The summed E-state index contributed by atoms with van der Waals surface area (Å²) in [6.45, 7) is 4.87. The zero-order valence-electron chi connectivity index (χ0n) is 12.1. The first-order valence-electron chi connectivity index (χ1n) is 7.10. The molecule has 3 rings (SSSR count). The van der Waals surface area contributed by atoms with Crippen LogP contribution in [0.3, 0.4) is 0 Å². The largest absolute Gasteiger partial charge is 0.379 e. The first kappa shape index (κ1) is 14.0. The molecule has 1 aliphatic heterocycles. The number of aromatic nitrogens is 3. The maximum absolute atomic E-state index is 12.1. The van der Waals surface area contributed by atoms with Gasteiger partial charge in [0.1, 0.15) is 5.52 Å². The topological polar surface area (TPSA) is 72.3 Å². The lowest BCUT2D eigenvalue weighted by atomic mass is 10.2. The van der Waals surface area contributed by atoms with Crippen molar-refractivity contribution in [3.63, 3.8) is 0 Å². The second-order valence-electron chi connectivity index (χ2n) is 5.11. The normalized spacial score (nSPS) is 16.2. The molecule has 7 heteroatoms. The second-order valence-corrected chi connectivity index (χ2v) is 5.11. The maximum Gasteiger partial charge on any atom is 0.252 e. The van der Waals surface area contributed by atoms with Gasteiger partial charge in [-0.2, -0.15) is 5.10 Å². The van der Waals surface area contributed by atoms with Crippen molar-refractivity contribution in [1.29, 1.82) is 0 Å². The monoisotopic (exact) mass is 289 g/mol. The molecule has 0 bridgehead atoms. The number of morpholine rings is 1. The molecule has 0 radical (unpaired) electrons. The van der Waals surface area contributed by atoms with Crippen molar-refractivity contribution in [1.82, 2.24) is 25.0 Å².